The van der Waals surface area contributed by atoms with Crippen LogP contribution in [0.25, 0.3) is 0 Å². The number of anilines is 1. The minimum absolute atomic E-state index is 0.0909. The number of aromatic nitrogens is 2. The second kappa shape index (κ2) is 4.82. The predicted octanol–water partition coefficient (Wildman–Crippen LogP) is 2.24. The summed E-state index contributed by atoms with van der Waals surface area (Å²) in [6, 6.07) is 0.597. The third-order valence-corrected chi connectivity index (χ3v) is 4.00. The van der Waals surface area contributed by atoms with Gasteiger partial charge in [0.1, 0.15) is 17.5 Å². The molecule has 2 aromatic rings. The number of sulfonamides is 1. The summed E-state index contributed by atoms with van der Waals surface area (Å²) in [5.41, 5.74) is 0.788. The quantitative estimate of drug-likeness (QED) is 0.913. The van der Waals surface area contributed by atoms with Crippen LogP contribution in [0.2, 0.25) is 0 Å². The number of halogens is 3. The van der Waals surface area contributed by atoms with Crippen molar-refractivity contribution in [1.82, 2.24) is 10.2 Å². The summed E-state index contributed by atoms with van der Waals surface area (Å²) >= 11 is 0. The van der Waals surface area contributed by atoms with Crippen LogP contribution in [0.3, 0.4) is 0 Å². The first-order chi connectivity index (χ1) is 9.22. The van der Waals surface area contributed by atoms with Gasteiger partial charge in [0, 0.05) is 12.1 Å². The molecular weight excluding hydrogens is 295 g/mol. The Kier molecular flexibility index (Phi) is 3.46. The Bertz CT molecular complexity index is 729. The van der Waals surface area contributed by atoms with E-state index >= 15 is 0 Å². The Balaban J connectivity index is 2.52. The zero-order chi connectivity index (χ0) is 15.1. The van der Waals surface area contributed by atoms with E-state index in [0.717, 1.165) is 0 Å². The molecule has 1 aromatic heterocycles. The van der Waals surface area contributed by atoms with Crippen LogP contribution in [0.4, 0.5) is 18.9 Å². The van der Waals surface area contributed by atoms with E-state index in [1.165, 1.54) is 13.8 Å². The van der Waals surface area contributed by atoms with Gasteiger partial charge in [-0.2, -0.15) is 5.10 Å². The fraction of sp³-hybridized carbons (Fsp3) is 0.182. The molecule has 0 saturated heterocycles. The molecule has 0 aliphatic carbocycles. The summed E-state index contributed by atoms with van der Waals surface area (Å²) in [5.74, 6) is -4.21. The van der Waals surface area contributed by atoms with Crippen LogP contribution in [0, 0.1) is 31.3 Å². The third kappa shape index (κ3) is 2.48. The highest BCUT2D eigenvalue weighted by molar-refractivity contribution is 7.92. The zero-order valence-electron chi connectivity index (χ0n) is 10.5. The number of hydrogen-bond donors (Lipinski definition) is 2. The fourth-order valence-corrected chi connectivity index (χ4v) is 2.98. The van der Waals surface area contributed by atoms with Gasteiger partial charge in [-0.1, -0.05) is 0 Å². The molecule has 0 aliphatic heterocycles. The van der Waals surface area contributed by atoms with Crippen LogP contribution in [0.15, 0.2) is 17.0 Å². The first-order valence-electron chi connectivity index (χ1n) is 5.41. The van der Waals surface area contributed by atoms with E-state index in [1.54, 1.807) is 0 Å². The standard InChI is InChI=1S/C11H10F3N3O2S/c1-5-10(6(2)16-15-5)17-20(18,19)11-8(13)3-7(12)4-9(11)14/h3-4,17H,1-2H3,(H,15,16). The number of aromatic amines is 1. The number of rotatable bonds is 3. The smallest absolute Gasteiger partial charge is 0.267 e. The molecule has 2 rings (SSSR count). The van der Waals surface area contributed by atoms with Crippen molar-refractivity contribution in [3.8, 4) is 0 Å². The van der Waals surface area contributed by atoms with Gasteiger partial charge in [0.05, 0.1) is 17.1 Å². The van der Waals surface area contributed by atoms with Crippen molar-refractivity contribution >= 4 is 15.7 Å². The highest BCUT2D eigenvalue weighted by Crippen LogP contribution is 2.25. The highest BCUT2D eigenvalue weighted by Gasteiger charge is 2.26. The molecule has 0 amide bonds. The van der Waals surface area contributed by atoms with Gasteiger partial charge in [-0.05, 0) is 13.8 Å². The predicted molar refractivity (Wildman–Crippen MR) is 65.2 cm³/mol. The molecule has 0 aliphatic rings. The lowest BCUT2D eigenvalue weighted by molar-refractivity contribution is 0.498. The van der Waals surface area contributed by atoms with Crippen molar-refractivity contribution in [3.05, 3.63) is 41.0 Å². The summed E-state index contributed by atoms with van der Waals surface area (Å²) in [6.45, 7) is 3.05. The first kappa shape index (κ1) is 14.4. The molecule has 0 bridgehead atoms. The number of nitrogens with one attached hydrogen (secondary N) is 2. The van der Waals surface area contributed by atoms with Crippen molar-refractivity contribution in [3.63, 3.8) is 0 Å². The fourth-order valence-electron chi connectivity index (χ4n) is 1.67. The van der Waals surface area contributed by atoms with E-state index in [-0.39, 0.29) is 5.69 Å². The lowest BCUT2D eigenvalue weighted by Gasteiger charge is -2.10. The molecule has 9 heteroatoms. The molecule has 0 radical (unpaired) electrons. The molecule has 0 unspecified atom stereocenters. The van der Waals surface area contributed by atoms with Gasteiger partial charge in [0.25, 0.3) is 10.0 Å². The number of hydrogen-bond acceptors (Lipinski definition) is 3. The number of H-pyrrole nitrogens is 1. The highest BCUT2D eigenvalue weighted by atomic mass is 32.2. The lowest BCUT2D eigenvalue weighted by Crippen LogP contribution is -2.17. The Labute approximate surface area is 112 Å². The first-order valence-corrected chi connectivity index (χ1v) is 6.89. The van der Waals surface area contributed by atoms with E-state index in [0.29, 0.717) is 23.5 Å². The molecule has 0 atom stereocenters. The van der Waals surface area contributed by atoms with Crippen LogP contribution < -0.4 is 4.72 Å². The Hall–Kier alpha value is -2.03. The van der Waals surface area contributed by atoms with E-state index < -0.39 is 32.4 Å². The topological polar surface area (TPSA) is 74.8 Å². The number of nitrogens with zero attached hydrogens (tertiary/aromatic N) is 1. The lowest BCUT2D eigenvalue weighted by atomic mass is 10.3. The Morgan fingerprint density at radius 1 is 1.15 bits per heavy atom. The molecule has 108 valence electrons. The Morgan fingerprint density at radius 3 is 2.15 bits per heavy atom. The molecule has 5 nitrogen and oxygen atoms in total. The molecule has 1 aromatic carbocycles. The molecule has 0 saturated carbocycles. The van der Waals surface area contributed by atoms with Crippen LogP contribution in [-0.2, 0) is 10.0 Å². The van der Waals surface area contributed by atoms with E-state index in [2.05, 4.69) is 10.2 Å². The van der Waals surface area contributed by atoms with E-state index in [9.17, 15) is 21.6 Å². The normalized spacial score (nSPS) is 11.7. The molecular formula is C11H10F3N3O2S. The average molecular weight is 305 g/mol. The van der Waals surface area contributed by atoms with Gasteiger partial charge in [-0.3, -0.25) is 9.82 Å². The maximum Gasteiger partial charge on any atom is 0.267 e. The van der Waals surface area contributed by atoms with Gasteiger partial charge >= 0.3 is 0 Å². The zero-order valence-corrected chi connectivity index (χ0v) is 11.3. The third-order valence-electron chi connectivity index (χ3n) is 2.60. The molecule has 0 fully saturated rings. The van der Waals surface area contributed by atoms with Crippen LogP contribution in [0.5, 0.6) is 0 Å². The molecule has 2 N–H and O–H groups in total. The van der Waals surface area contributed by atoms with Crippen molar-refractivity contribution in [1.29, 1.82) is 0 Å². The second-order valence-electron chi connectivity index (χ2n) is 4.11. The van der Waals surface area contributed by atoms with Crippen molar-refractivity contribution in [2.24, 2.45) is 0 Å². The van der Waals surface area contributed by atoms with Gasteiger partial charge in [0.15, 0.2) is 4.90 Å². The number of benzene rings is 1. The summed E-state index contributed by atoms with van der Waals surface area (Å²) < 4.78 is 65.9. The molecule has 1 heterocycles. The molecule has 20 heavy (non-hydrogen) atoms. The maximum atomic E-state index is 13.5. The molecule has 0 spiro atoms. The number of aryl methyl sites for hydroxylation is 2. The Morgan fingerprint density at radius 2 is 1.70 bits per heavy atom. The van der Waals surface area contributed by atoms with Gasteiger partial charge in [0.2, 0.25) is 0 Å². The summed E-state index contributed by atoms with van der Waals surface area (Å²) in [6.07, 6.45) is 0. The van der Waals surface area contributed by atoms with Crippen molar-refractivity contribution in [2.75, 3.05) is 4.72 Å². The minimum Gasteiger partial charge on any atom is -0.280 e. The van der Waals surface area contributed by atoms with Crippen LogP contribution in [0.1, 0.15) is 11.4 Å². The largest absolute Gasteiger partial charge is 0.280 e. The SMILES string of the molecule is Cc1n[nH]c(C)c1NS(=O)(=O)c1c(F)cc(F)cc1F. The van der Waals surface area contributed by atoms with Crippen LogP contribution in [-0.4, -0.2) is 18.6 Å². The summed E-state index contributed by atoms with van der Waals surface area (Å²) in [4.78, 5) is -1.24. The van der Waals surface area contributed by atoms with Gasteiger partial charge < -0.3 is 0 Å². The van der Waals surface area contributed by atoms with Gasteiger partial charge in [-0.25, -0.2) is 21.6 Å². The summed E-state index contributed by atoms with van der Waals surface area (Å²) in [7, 11) is -4.53. The van der Waals surface area contributed by atoms with Crippen molar-refractivity contribution < 1.29 is 21.6 Å². The van der Waals surface area contributed by atoms with E-state index in [4.69, 9.17) is 0 Å². The van der Waals surface area contributed by atoms with Gasteiger partial charge in [-0.15, -0.1) is 0 Å². The summed E-state index contributed by atoms with van der Waals surface area (Å²) in [5, 5.41) is 6.28. The van der Waals surface area contributed by atoms with E-state index in [1.807, 2.05) is 4.72 Å². The maximum absolute atomic E-state index is 13.5. The second-order valence-corrected chi connectivity index (χ2v) is 5.73. The monoisotopic (exact) mass is 305 g/mol. The average Bonchev–Trinajstić information content (AvgIpc) is 2.58. The minimum atomic E-state index is -4.53. The van der Waals surface area contributed by atoms with Crippen molar-refractivity contribution in [2.45, 2.75) is 18.7 Å². The van der Waals surface area contributed by atoms with Crippen LogP contribution >= 0.6 is 0 Å².